The van der Waals surface area contributed by atoms with Crippen LogP contribution in [0.15, 0.2) is 83.6 Å². The number of hydrogen-bond acceptors (Lipinski definition) is 4. The highest BCUT2D eigenvalue weighted by atomic mass is 19.1. The van der Waals surface area contributed by atoms with Crippen LogP contribution in [0.3, 0.4) is 0 Å². The zero-order valence-corrected chi connectivity index (χ0v) is 24.6. The van der Waals surface area contributed by atoms with E-state index in [9.17, 15) is 13.6 Å². The first-order valence-electron chi connectivity index (χ1n) is 13.4. The molecule has 1 aliphatic rings. The molecule has 1 aromatic rings. The molecule has 0 bridgehead atoms. The van der Waals surface area contributed by atoms with Gasteiger partial charge in [0.2, 0.25) is 5.91 Å². The maximum Gasteiger partial charge on any atom is 0.217 e. The van der Waals surface area contributed by atoms with Gasteiger partial charge in [-0.15, -0.1) is 0 Å². The largest absolute Gasteiger partial charge is 0.381 e. The molecule has 1 aliphatic heterocycles. The van der Waals surface area contributed by atoms with E-state index in [4.69, 9.17) is 4.74 Å². The van der Waals surface area contributed by atoms with Crippen molar-refractivity contribution in [1.82, 2.24) is 15.1 Å². The highest BCUT2D eigenvalue weighted by Crippen LogP contribution is 2.41. The van der Waals surface area contributed by atoms with Gasteiger partial charge in [-0.25, -0.2) is 8.78 Å². The van der Waals surface area contributed by atoms with Crippen LogP contribution in [0.5, 0.6) is 0 Å². The number of carbonyl (C=O) groups is 1. The van der Waals surface area contributed by atoms with Crippen molar-refractivity contribution in [3.63, 3.8) is 0 Å². The van der Waals surface area contributed by atoms with E-state index in [-0.39, 0.29) is 29.8 Å². The van der Waals surface area contributed by atoms with Crippen LogP contribution in [-0.2, 0) is 16.1 Å². The highest BCUT2D eigenvalue weighted by molar-refractivity contribution is 5.74. The minimum Gasteiger partial charge on any atom is -0.381 e. The Balaban J connectivity index is 2.14. The zero-order valence-electron chi connectivity index (χ0n) is 24.6. The molecule has 0 saturated carbocycles. The molecule has 2 rings (SSSR count). The first-order chi connectivity index (χ1) is 18.4. The first kappa shape index (κ1) is 32.2. The summed E-state index contributed by atoms with van der Waals surface area (Å²) in [7, 11) is 5.22. The lowest BCUT2D eigenvalue weighted by molar-refractivity contribution is -0.119. The predicted octanol–water partition coefficient (Wildman–Crippen LogP) is 6.79. The summed E-state index contributed by atoms with van der Waals surface area (Å²) in [6.45, 7) is 13.7. The van der Waals surface area contributed by atoms with E-state index in [1.807, 2.05) is 46.2 Å². The molecular formula is C32H45F2N3O2. The Labute approximate surface area is 233 Å². The molecule has 0 radical (unpaired) electrons. The molecule has 1 saturated heterocycles. The first-order valence-corrected chi connectivity index (χ1v) is 13.4. The number of benzene rings is 1. The summed E-state index contributed by atoms with van der Waals surface area (Å²) >= 11 is 0. The molecule has 1 unspecified atom stereocenters. The highest BCUT2D eigenvalue weighted by Gasteiger charge is 2.34. The fraction of sp³-hybridized carbons (Fsp3) is 0.469. The van der Waals surface area contributed by atoms with E-state index >= 15 is 0 Å². The molecule has 1 atom stereocenters. The Hall–Kier alpha value is -3.03. The SMILES string of the molecule is C=C(F)/C=C\C(=C/C)C(NC(C)=O)c1ccc(CN2CCC(C)(/C(C)=C(COC)/C(F)=C\N(C)C)CC2)cc1. The Morgan fingerprint density at radius 2 is 1.79 bits per heavy atom. The summed E-state index contributed by atoms with van der Waals surface area (Å²) in [5, 5.41) is 2.96. The van der Waals surface area contributed by atoms with Crippen LogP contribution in [0.2, 0.25) is 0 Å². The third-order valence-electron chi connectivity index (χ3n) is 7.46. The fourth-order valence-electron chi connectivity index (χ4n) is 4.93. The van der Waals surface area contributed by atoms with Gasteiger partial charge in [0.1, 0.15) is 11.7 Å². The minimum atomic E-state index is -0.542. The number of allylic oxidation sites excluding steroid dienone is 4. The van der Waals surface area contributed by atoms with Crippen LogP contribution in [0.1, 0.15) is 57.7 Å². The summed E-state index contributed by atoms with van der Waals surface area (Å²) in [5.74, 6) is -0.950. The van der Waals surface area contributed by atoms with Gasteiger partial charge in [-0.1, -0.05) is 55.5 Å². The van der Waals surface area contributed by atoms with Crippen LogP contribution in [0.25, 0.3) is 0 Å². The Kier molecular flexibility index (Phi) is 12.3. The maximum absolute atomic E-state index is 15.0. The lowest BCUT2D eigenvalue weighted by Gasteiger charge is -2.41. The average molecular weight is 542 g/mol. The van der Waals surface area contributed by atoms with Gasteiger partial charge in [0.05, 0.1) is 12.6 Å². The lowest BCUT2D eigenvalue weighted by Crippen LogP contribution is -2.39. The number of nitrogens with zero attached hydrogens (tertiary/aromatic N) is 2. The third-order valence-corrected chi connectivity index (χ3v) is 7.46. The summed E-state index contributed by atoms with van der Waals surface area (Å²) in [5.41, 5.74) is 4.46. The molecule has 0 spiro atoms. The number of carbonyl (C=O) groups excluding carboxylic acids is 1. The van der Waals surface area contributed by atoms with Crippen molar-refractivity contribution in [3.8, 4) is 0 Å². The molecule has 1 aromatic carbocycles. The van der Waals surface area contributed by atoms with Gasteiger partial charge in [0.15, 0.2) is 0 Å². The molecular weight excluding hydrogens is 496 g/mol. The molecule has 1 fully saturated rings. The van der Waals surface area contributed by atoms with E-state index < -0.39 is 5.83 Å². The summed E-state index contributed by atoms with van der Waals surface area (Å²) in [6, 6.07) is 7.79. The van der Waals surface area contributed by atoms with Crippen LogP contribution in [0.4, 0.5) is 8.78 Å². The number of amides is 1. The molecule has 214 valence electrons. The summed E-state index contributed by atoms with van der Waals surface area (Å²) < 4.78 is 33.5. The number of methoxy groups -OCH3 is 1. The number of hydrogen-bond donors (Lipinski definition) is 1. The Bertz CT molecular complexity index is 1110. The van der Waals surface area contributed by atoms with E-state index in [0.717, 1.165) is 49.2 Å². The predicted molar refractivity (Wildman–Crippen MR) is 156 cm³/mol. The van der Waals surface area contributed by atoms with E-state index in [1.165, 1.54) is 24.8 Å². The maximum atomic E-state index is 15.0. The quantitative estimate of drug-likeness (QED) is 0.296. The summed E-state index contributed by atoms with van der Waals surface area (Å²) in [6.07, 6.45) is 8.16. The van der Waals surface area contributed by atoms with Gasteiger partial charge < -0.3 is 15.0 Å². The molecule has 1 heterocycles. The number of piperidine rings is 1. The molecule has 1 amide bonds. The summed E-state index contributed by atoms with van der Waals surface area (Å²) in [4.78, 5) is 16.0. The van der Waals surface area contributed by atoms with Gasteiger partial charge in [-0.2, -0.15) is 0 Å². The van der Waals surface area contributed by atoms with Crippen molar-refractivity contribution in [2.75, 3.05) is 40.9 Å². The number of rotatable bonds is 12. The average Bonchev–Trinajstić information content (AvgIpc) is 2.87. The normalized spacial score (nSPS) is 18.1. The van der Waals surface area contributed by atoms with Gasteiger partial charge in [0, 0.05) is 46.4 Å². The molecule has 1 N–H and O–H groups in total. The molecule has 0 aliphatic carbocycles. The Morgan fingerprint density at radius 3 is 2.28 bits per heavy atom. The number of likely N-dealkylation sites (tertiary alicyclic amines) is 1. The van der Waals surface area contributed by atoms with Gasteiger partial charge in [-0.3, -0.25) is 9.69 Å². The van der Waals surface area contributed by atoms with Gasteiger partial charge in [-0.05, 0) is 68.0 Å². The van der Waals surface area contributed by atoms with E-state index in [0.29, 0.717) is 5.57 Å². The molecule has 5 nitrogen and oxygen atoms in total. The van der Waals surface area contributed by atoms with Crippen LogP contribution in [0, 0.1) is 5.41 Å². The van der Waals surface area contributed by atoms with Crippen molar-refractivity contribution in [2.45, 2.75) is 53.1 Å². The van der Waals surface area contributed by atoms with Crippen molar-refractivity contribution in [3.05, 3.63) is 94.8 Å². The zero-order chi connectivity index (χ0) is 29.2. The second kappa shape index (κ2) is 14.9. The molecule has 7 heteroatoms. The third kappa shape index (κ3) is 9.59. The van der Waals surface area contributed by atoms with Crippen molar-refractivity contribution in [2.24, 2.45) is 5.41 Å². The van der Waals surface area contributed by atoms with Crippen LogP contribution < -0.4 is 5.32 Å². The lowest BCUT2D eigenvalue weighted by atomic mass is 9.73. The standard InChI is InChI=1S/C32H45F2N3O2/c1-9-27(13-10-23(2)33)31(35-25(4)38)28-14-11-26(12-15-28)20-37-18-16-32(5,17-19-37)24(3)29(22-39-8)30(34)21-36(6)7/h9-15,21,31H,2,16-20,22H2,1,3-8H3,(H,35,38)/b13-10-,27-9+,29-24+,30-21+. The monoisotopic (exact) mass is 541 g/mol. The van der Waals surface area contributed by atoms with Gasteiger partial charge in [0.25, 0.3) is 0 Å². The van der Waals surface area contributed by atoms with E-state index in [2.05, 4.69) is 35.9 Å². The number of halogens is 2. The number of ether oxygens (including phenoxy) is 1. The topological polar surface area (TPSA) is 44.8 Å². The van der Waals surface area contributed by atoms with Crippen LogP contribution in [-0.4, -0.2) is 56.6 Å². The second-order valence-corrected chi connectivity index (χ2v) is 10.8. The van der Waals surface area contributed by atoms with Crippen molar-refractivity contribution in [1.29, 1.82) is 0 Å². The van der Waals surface area contributed by atoms with E-state index in [1.54, 1.807) is 18.1 Å². The van der Waals surface area contributed by atoms with Crippen molar-refractivity contribution < 1.29 is 18.3 Å². The molecule has 39 heavy (non-hydrogen) atoms. The fourth-order valence-corrected chi connectivity index (χ4v) is 4.93. The Morgan fingerprint density at radius 1 is 1.18 bits per heavy atom. The number of nitrogens with one attached hydrogen (secondary N) is 1. The van der Waals surface area contributed by atoms with Crippen LogP contribution >= 0.6 is 0 Å². The van der Waals surface area contributed by atoms with Gasteiger partial charge >= 0.3 is 0 Å². The second-order valence-electron chi connectivity index (χ2n) is 10.8. The minimum absolute atomic E-state index is 0.0986. The van der Waals surface area contributed by atoms with Crippen molar-refractivity contribution >= 4 is 5.91 Å². The molecule has 0 aromatic heterocycles. The smallest absolute Gasteiger partial charge is 0.217 e.